The van der Waals surface area contributed by atoms with Crippen molar-refractivity contribution < 1.29 is 44.4 Å². The maximum atomic E-state index is 13.5. The molecule has 196 valence electrons. The number of aromatic nitrogens is 1. The summed E-state index contributed by atoms with van der Waals surface area (Å²) in [6.45, 7) is 0.619. The molecular weight excluding hydrogens is 542 g/mol. The minimum Gasteiger partial charge on any atom is -0.390 e. The average Bonchev–Trinajstić information content (AvgIpc) is 3.25. The molecule has 0 amide bonds. The first-order valence-electron chi connectivity index (χ1n) is 9.92. The van der Waals surface area contributed by atoms with Crippen molar-refractivity contribution >= 4 is 38.9 Å². The molecule has 1 aromatic heterocycles. The van der Waals surface area contributed by atoms with Gasteiger partial charge < -0.3 is 4.84 Å². The van der Waals surface area contributed by atoms with Gasteiger partial charge in [-0.05, 0) is 24.3 Å². The summed E-state index contributed by atoms with van der Waals surface area (Å²) in [6, 6.07) is 3.42. The van der Waals surface area contributed by atoms with Gasteiger partial charge in [-0.2, -0.15) is 26.3 Å². The van der Waals surface area contributed by atoms with E-state index in [9.17, 15) is 39.6 Å². The van der Waals surface area contributed by atoms with E-state index in [0.717, 1.165) is 24.2 Å². The number of pyridine rings is 1. The number of benzene rings is 1. The van der Waals surface area contributed by atoms with Gasteiger partial charge in [0.05, 0.1) is 27.6 Å². The van der Waals surface area contributed by atoms with Crippen LogP contribution in [-0.4, -0.2) is 49.0 Å². The molecule has 1 atom stereocenters. The second-order valence-corrected chi connectivity index (χ2v) is 9.86. The molecule has 0 saturated heterocycles. The minimum absolute atomic E-state index is 0.00440. The van der Waals surface area contributed by atoms with Crippen LogP contribution >= 0.6 is 11.6 Å². The van der Waals surface area contributed by atoms with Crippen LogP contribution < -0.4 is 5.01 Å². The van der Waals surface area contributed by atoms with Crippen molar-refractivity contribution in [2.75, 3.05) is 18.6 Å². The lowest BCUT2D eigenvalue weighted by atomic mass is 10.1. The smallest absolute Gasteiger partial charge is 0.390 e. The van der Waals surface area contributed by atoms with Crippen LogP contribution in [0.25, 0.3) is 0 Å². The summed E-state index contributed by atoms with van der Waals surface area (Å²) in [5, 5.41) is 3.76. The monoisotopic (exact) mass is 558 g/mol. The fourth-order valence-corrected chi connectivity index (χ4v) is 5.00. The number of hydrogen-bond acceptors (Lipinski definition) is 7. The molecule has 0 N–H and O–H groups in total. The molecule has 0 bridgehead atoms. The molecule has 1 aliphatic heterocycles. The summed E-state index contributed by atoms with van der Waals surface area (Å²) in [6.07, 6.45) is -10.4. The Bertz CT molecular complexity index is 1300. The second kappa shape index (κ2) is 9.86. The molecule has 3 rings (SSSR count). The number of hydrogen-bond donors (Lipinski definition) is 0. The number of rotatable bonds is 7. The number of oxime groups is 1. The Morgan fingerprint density at radius 1 is 1.14 bits per heavy atom. The maximum Gasteiger partial charge on any atom is 0.417 e. The van der Waals surface area contributed by atoms with Crippen LogP contribution in [0.2, 0.25) is 5.02 Å². The topological polar surface area (TPSA) is 92.2 Å². The first kappa shape index (κ1) is 27.7. The molecule has 2 heterocycles. The van der Waals surface area contributed by atoms with Crippen LogP contribution in [0.5, 0.6) is 0 Å². The largest absolute Gasteiger partial charge is 0.417 e. The van der Waals surface area contributed by atoms with E-state index in [4.69, 9.17) is 16.4 Å². The van der Waals surface area contributed by atoms with Crippen molar-refractivity contribution in [3.63, 3.8) is 0 Å². The average molecular weight is 559 g/mol. The third-order valence-corrected chi connectivity index (χ3v) is 7.10. The highest BCUT2D eigenvalue weighted by Gasteiger charge is 2.38. The SMILES string of the molecule is CC(=O)C1=NO[C@H](CN(N(C)c2ncc(C(F)(F)F)cc2Cl)S(=O)(=O)c2cccc(C(F)(F)F)c2)C1. The summed E-state index contributed by atoms with van der Waals surface area (Å²) in [7, 11) is -3.70. The second-order valence-electron chi connectivity index (χ2n) is 7.61. The van der Waals surface area contributed by atoms with E-state index in [1.54, 1.807) is 0 Å². The van der Waals surface area contributed by atoms with Gasteiger partial charge in [0.25, 0.3) is 10.0 Å². The first-order valence-corrected chi connectivity index (χ1v) is 11.7. The van der Waals surface area contributed by atoms with E-state index in [2.05, 4.69) is 10.1 Å². The molecule has 0 spiro atoms. The number of anilines is 1. The van der Waals surface area contributed by atoms with Crippen molar-refractivity contribution in [3.8, 4) is 0 Å². The number of hydrazine groups is 1. The molecule has 1 aliphatic rings. The number of halogens is 7. The van der Waals surface area contributed by atoms with Gasteiger partial charge in [-0.15, -0.1) is 4.41 Å². The van der Waals surface area contributed by atoms with E-state index in [-0.39, 0.29) is 12.1 Å². The first-order chi connectivity index (χ1) is 16.5. The molecule has 36 heavy (non-hydrogen) atoms. The van der Waals surface area contributed by atoms with E-state index in [1.165, 1.54) is 6.92 Å². The summed E-state index contributed by atoms with van der Waals surface area (Å²) >= 11 is 5.96. The van der Waals surface area contributed by atoms with Crippen LogP contribution in [0, 0.1) is 0 Å². The Labute approximate surface area is 206 Å². The third kappa shape index (κ3) is 5.90. The summed E-state index contributed by atoms with van der Waals surface area (Å²) < 4.78 is 106. The van der Waals surface area contributed by atoms with Crippen LogP contribution in [0.1, 0.15) is 24.5 Å². The summed E-state index contributed by atoms with van der Waals surface area (Å²) in [5.74, 6) is -0.878. The van der Waals surface area contributed by atoms with Gasteiger partial charge in [-0.25, -0.2) is 13.4 Å². The van der Waals surface area contributed by atoms with E-state index >= 15 is 0 Å². The van der Waals surface area contributed by atoms with E-state index in [0.29, 0.717) is 28.8 Å². The van der Waals surface area contributed by atoms with E-state index in [1.807, 2.05) is 0 Å². The van der Waals surface area contributed by atoms with Gasteiger partial charge in [0.1, 0.15) is 11.8 Å². The Balaban J connectivity index is 2.05. The van der Waals surface area contributed by atoms with Gasteiger partial charge in [-0.3, -0.25) is 9.80 Å². The predicted molar refractivity (Wildman–Crippen MR) is 116 cm³/mol. The van der Waals surface area contributed by atoms with Gasteiger partial charge in [0.15, 0.2) is 11.6 Å². The molecule has 0 fully saturated rings. The normalized spacial score (nSPS) is 16.6. The van der Waals surface area contributed by atoms with Crippen molar-refractivity contribution in [2.24, 2.45) is 5.16 Å². The fraction of sp³-hybridized carbons (Fsp3) is 0.350. The molecule has 16 heteroatoms. The lowest BCUT2D eigenvalue weighted by Gasteiger charge is -2.33. The predicted octanol–water partition coefficient (Wildman–Crippen LogP) is 4.55. The fourth-order valence-electron chi connectivity index (χ4n) is 3.17. The highest BCUT2D eigenvalue weighted by Crippen LogP contribution is 2.35. The van der Waals surface area contributed by atoms with Crippen molar-refractivity contribution in [2.45, 2.75) is 36.7 Å². The third-order valence-electron chi connectivity index (χ3n) is 5.03. The van der Waals surface area contributed by atoms with Crippen molar-refractivity contribution in [1.29, 1.82) is 0 Å². The Morgan fingerprint density at radius 2 is 1.78 bits per heavy atom. The van der Waals surface area contributed by atoms with Crippen LogP contribution in [0.3, 0.4) is 0 Å². The Hall–Kier alpha value is -2.91. The maximum absolute atomic E-state index is 13.5. The van der Waals surface area contributed by atoms with E-state index < -0.39 is 67.7 Å². The van der Waals surface area contributed by atoms with Crippen molar-refractivity contribution in [1.82, 2.24) is 9.40 Å². The molecule has 2 aromatic rings. The number of carbonyl (C=O) groups is 1. The van der Waals surface area contributed by atoms with Gasteiger partial charge in [-0.1, -0.05) is 22.8 Å². The number of nitrogens with zero attached hydrogens (tertiary/aromatic N) is 4. The number of sulfonamides is 1. The quantitative estimate of drug-likeness (QED) is 0.366. The molecule has 0 unspecified atom stereocenters. The minimum atomic E-state index is -4.85. The highest BCUT2D eigenvalue weighted by atomic mass is 35.5. The molecule has 0 aliphatic carbocycles. The van der Waals surface area contributed by atoms with Crippen LogP contribution in [0.15, 0.2) is 46.6 Å². The number of alkyl halides is 6. The van der Waals surface area contributed by atoms with Gasteiger partial charge >= 0.3 is 12.4 Å². The van der Waals surface area contributed by atoms with Crippen molar-refractivity contribution in [3.05, 3.63) is 52.7 Å². The zero-order valence-electron chi connectivity index (χ0n) is 18.4. The van der Waals surface area contributed by atoms with Gasteiger partial charge in [0.2, 0.25) is 0 Å². The zero-order valence-corrected chi connectivity index (χ0v) is 20.0. The molecule has 0 saturated carbocycles. The zero-order chi connectivity index (χ0) is 27.1. The summed E-state index contributed by atoms with van der Waals surface area (Å²) in [5.41, 5.74) is -2.43. The number of Topliss-reactive ketones (excluding diaryl/α,β-unsaturated/α-hetero) is 1. The summed E-state index contributed by atoms with van der Waals surface area (Å²) in [4.78, 5) is 19.5. The number of ketones is 1. The number of carbonyl (C=O) groups excluding carboxylic acids is 1. The molecular formula is C20H17ClF6N4O4S. The van der Waals surface area contributed by atoms with Crippen LogP contribution in [0.4, 0.5) is 32.2 Å². The lowest BCUT2D eigenvalue weighted by molar-refractivity contribution is -0.138. The Morgan fingerprint density at radius 3 is 2.31 bits per heavy atom. The highest BCUT2D eigenvalue weighted by molar-refractivity contribution is 7.89. The standard InChI is InChI=1S/C20H17ClF6N4O4S/c1-11(32)17-8-14(35-29-17)10-31(30(2)18-16(21)7-13(9-28-18)20(25,26)27)36(33,34)15-5-3-4-12(6-15)19(22,23)24/h3-7,9,14H,8,10H2,1-2H3/t14-/m0/s1. The molecule has 1 aromatic carbocycles. The van der Waals surface area contributed by atoms with Gasteiger partial charge in [0, 0.05) is 26.6 Å². The van der Waals surface area contributed by atoms with Crippen LogP contribution in [-0.2, 0) is 32.0 Å². The lowest BCUT2D eigenvalue weighted by Crippen LogP contribution is -2.48. The molecule has 8 nitrogen and oxygen atoms in total. The Kier molecular flexibility index (Phi) is 7.58. The molecule has 0 radical (unpaired) electrons.